The Bertz CT molecular complexity index is 434. The molecule has 0 bridgehead atoms. The van der Waals surface area contributed by atoms with Crippen LogP contribution < -0.4 is 10.6 Å². The zero-order valence-electron chi connectivity index (χ0n) is 18.1. The van der Waals surface area contributed by atoms with Crippen molar-refractivity contribution < 1.29 is 14.7 Å². The predicted molar refractivity (Wildman–Crippen MR) is 129 cm³/mol. The van der Waals surface area contributed by atoms with Gasteiger partial charge in [0.15, 0.2) is 0 Å². The normalized spacial score (nSPS) is 10.7. The maximum absolute atomic E-state index is 11.5. The lowest BCUT2D eigenvalue weighted by Gasteiger charge is -2.08. The second kappa shape index (κ2) is 21.9. The first-order chi connectivity index (χ1) is 14.1. The molecule has 0 fully saturated rings. The van der Waals surface area contributed by atoms with Crippen LogP contribution in [-0.2, 0) is 9.59 Å². The van der Waals surface area contributed by atoms with Crippen molar-refractivity contribution in [3.63, 3.8) is 0 Å². The summed E-state index contributed by atoms with van der Waals surface area (Å²) in [5.74, 6) is -0.0579. The van der Waals surface area contributed by atoms with Gasteiger partial charge in [0.25, 0.3) is 0 Å². The molecule has 0 rings (SSSR count). The van der Waals surface area contributed by atoms with E-state index < -0.39 is 5.97 Å². The maximum Gasteiger partial charge on any atom is 0.303 e. The summed E-state index contributed by atoms with van der Waals surface area (Å²) in [5.41, 5.74) is 0. The van der Waals surface area contributed by atoms with E-state index in [0.29, 0.717) is 18.7 Å². The Labute approximate surface area is 188 Å². The average Bonchev–Trinajstić information content (AvgIpc) is 2.70. The van der Waals surface area contributed by atoms with Crippen molar-refractivity contribution in [2.24, 2.45) is 0 Å². The molecule has 0 unspecified atom stereocenters. The van der Waals surface area contributed by atoms with Crippen LogP contribution in [0.5, 0.6) is 0 Å². The quantitative estimate of drug-likeness (QED) is 0.110. The first-order valence-corrected chi connectivity index (χ1v) is 12.5. The minimum absolute atomic E-state index is 0.0304. The molecule has 0 aromatic rings. The molecule has 0 aliphatic rings. The van der Waals surface area contributed by atoms with Gasteiger partial charge in [-0.05, 0) is 19.3 Å². The number of unbranched alkanes of at least 4 members (excludes halogenated alkanes) is 13. The van der Waals surface area contributed by atoms with E-state index in [2.05, 4.69) is 23.3 Å². The van der Waals surface area contributed by atoms with Gasteiger partial charge in [-0.2, -0.15) is 12.6 Å². The number of hydrogen-bond donors (Lipinski definition) is 4. The second-order valence-corrected chi connectivity index (χ2v) is 8.63. The van der Waals surface area contributed by atoms with Crippen molar-refractivity contribution in [3.05, 3.63) is 0 Å². The van der Waals surface area contributed by atoms with Gasteiger partial charge in [0, 0.05) is 18.7 Å². The SMILES string of the molecule is O=C(O)CCCCCCCCCCCCCCCCC(=S)NCC(=O)NCCS. The highest BCUT2D eigenvalue weighted by Crippen LogP contribution is 2.13. The molecule has 7 heteroatoms. The van der Waals surface area contributed by atoms with Gasteiger partial charge in [-0.25, -0.2) is 0 Å². The van der Waals surface area contributed by atoms with Crippen LogP contribution in [0.15, 0.2) is 0 Å². The van der Waals surface area contributed by atoms with Crippen molar-refractivity contribution in [3.8, 4) is 0 Å². The zero-order chi connectivity index (χ0) is 21.6. The minimum Gasteiger partial charge on any atom is -0.481 e. The maximum atomic E-state index is 11.5. The van der Waals surface area contributed by atoms with Crippen LogP contribution in [0.25, 0.3) is 0 Å². The molecular formula is C22H42N2O3S2. The van der Waals surface area contributed by atoms with Crippen LogP contribution in [0.2, 0.25) is 0 Å². The summed E-state index contributed by atoms with van der Waals surface area (Å²) in [6.07, 6.45) is 18.3. The van der Waals surface area contributed by atoms with Gasteiger partial charge in [-0.1, -0.05) is 89.3 Å². The number of thiocarbonyl (C=S) groups is 1. The summed E-state index contributed by atoms with van der Waals surface area (Å²) >= 11 is 9.32. The lowest BCUT2D eigenvalue weighted by atomic mass is 10.0. The number of aliphatic carboxylic acids is 1. The molecule has 1 amide bonds. The van der Waals surface area contributed by atoms with Gasteiger partial charge in [-0.3, -0.25) is 9.59 Å². The molecule has 0 heterocycles. The first kappa shape index (κ1) is 28.2. The van der Waals surface area contributed by atoms with E-state index >= 15 is 0 Å². The molecule has 170 valence electrons. The number of amides is 1. The van der Waals surface area contributed by atoms with Crippen LogP contribution in [0.3, 0.4) is 0 Å². The van der Waals surface area contributed by atoms with E-state index in [-0.39, 0.29) is 12.5 Å². The Morgan fingerprint density at radius 3 is 1.52 bits per heavy atom. The molecule has 0 aliphatic carbocycles. The average molecular weight is 447 g/mol. The van der Waals surface area contributed by atoms with Crippen LogP contribution in [0.4, 0.5) is 0 Å². The monoisotopic (exact) mass is 446 g/mol. The van der Waals surface area contributed by atoms with Crippen LogP contribution in [0, 0.1) is 0 Å². The number of nitrogens with one attached hydrogen (secondary N) is 2. The van der Waals surface area contributed by atoms with E-state index in [1.807, 2.05) is 0 Å². The third-order valence-corrected chi connectivity index (χ3v) is 5.50. The fraction of sp³-hybridized carbons (Fsp3) is 0.864. The van der Waals surface area contributed by atoms with Crippen molar-refractivity contribution in [1.29, 1.82) is 0 Å². The molecule has 0 aromatic heterocycles. The topological polar surface area (TPSA) is 78.4 Å². The zero-order valence-corrected chi connectivity index (χ0v) is 19.8. The molecule has 0 aromatic carbocycles. The molecule has 0 saturated carbocycles. The fourth-order valence-electron chi connectivity index (χ4n) is 3.21. The number of hydrogen-bond acceptors (Lipinski definition) is 4. The predicted octanol–water partition coefficient (Wildman–Crippen LogP) is 5.28. The van der Waals surface area contributed by atoms with Crippen LogP contribution in [-0.4, -0.2) is 40.8 Å². The van der Waals surface area contributed by atoms with Gasteiger partial charge < -0.3 is 15.7 Å². The Balaban J connectivity index is 3.20. The molecule has 0 aliphatic heterocycles. The Hall–Kier alpha value is -0.820. The summed E-state index contributed by atoms with van der Waals surface area (Å²) in [7, 11) is 0. The number of rotatable bonds is 21. The second-order valence-electron chi connectivity index (χ2n) is 7.69. The van der Waals surface area contributed by atoms with Crippen LogP contribution in [0.1, 0.15) is 103 Å². The molecule has 5 nitrogen and oxygen atoms in total. The highest BCUT2D eigenvalue weighted by atomic mass is 32.1. The lowest BCUT2D eigenvalue weighted by molar-refractivity contribution is -0.137. The Kier molecular flexibility index (Phi) is 21.3. The van der Waals surface area contributed by atoms with Crippen molar-refractivity contribution in [2.75, 3.05) is 18.8 Å². The van der Waals surface area contributed by atoms with Gasteiger partial charge in [0.05, 0.1) is 11.5 Å². The summed E-state index contributed by atoms with van der Waals surface area (Å²) in [6, 6.07) is 0. The molecule has 0 radical (unpaired) electrons. The van der Waals surface area contributed by atoms with Crippen molar-refractivity contribution >= 4 is 41.7 Å². The van der Waals surface area contributed by atoms with E-state index in [1.54, 1.807) is 0 Å². The lowest BCUT2D eigenvalue weighted by Crippen LogP contribution is -2.36. The number of carboxylic acids is 1. The molecule has 0 atom stereocenters. The highest BCUT2D eigenvalue weighted by Gasteiger charge is 2.02. The van der Waals surface area contributed by atoms with E-state index in [0.717, 1.165) is 30.7 Å². The first-order valence-electron chi connectivity index (χ1n) is 11.4. The molecule has 29 heavy (non-hydrogen) atoms. The van der Waals surface area contributed by atoms with Gasteiger partial charge in [-0.15, -0.1) is 0 Å². The van der Waals surface area contributed by atoms with Crippen molar-refractivity contribution in [2.45, 2.75) is 103 Å². The minimum atomic E-state index is -0.674. The molecule has 3 N–H and O–H groups in total. The Morgan fingerprint density at radius 2 is 1.10 bits per heavy atom. The number of thiol groups is 1. The number of carboxylic acid groups (broad SMARTS) is 1. The van der Waals surface area contributed by atoms with Gasteiger partial charge >= 0.3 is 5.97 Å². The smallest absolute Gasteiger partial charge is 0.303 e. The summed E-state index contributed by atoms with van der Waals surface area (Å²) in [5, 5.41) is 14.3. The fourth-order valence-corrected chi connectivity index (χ4v) is 3.54. The van der Waals surface area contributed by atoms with Crippen LogP contribution >= 0.6 is 24.8 Å². The van der Waals surface area contributed by atoms with Gasteiger partial charge in [0.2, 0.25) is 5.91 Å². The molecular weight excluding hydrogens is 404 g/mol. The number of carbonyl (C=O) groups excluding carboxylic acids is 1. The highest BCUT2D eigenvalue weighted by molar-refractivity contribution is 7.80. The summed E-state index contributed by atoms with van der Waals surface area (Å²) in [6.45, 7) is 0.851. The van der Waals surface area contributed by atoms with Gasteiger partial charge in [0.1, 0.15) is 0 Å². The largest absolute Gasteiger partial charge is 0.481 e. The molecule has 0 spiro atoms. The van der Waals surface area contributed by atoms with E-state index in [9.17, 15) is 9.59 Å². The molecule has 0 saturated heterocycles. The van der Waals surface area contributed by atoms with Crippen molar-refractivity contribution in [1.82, 2.24) is 10.6 Å². The summed E-state index contributed by atoms with van der Waals surface area (Å²) < 4.78 is 0. The third kappa shape index (κ3) is 23.3. The summed E-state index contributed by atoms with van der Waals surface area (Å²) in [4.78, 5) is 22.6. The third-order valence-electron chi connectivity index (χ3n) is 4.92. The number of carbonyl (C=O) groups is 2. The van der Waals surface area contributed by atoms with E-state index in [4.69, 9.17) is 17.3 Å². The Morgan fingerprint density at radius 1 is 0.690 bits per heavy atom. The standard InChI is InChI=1S/C22H42N2O3S2/c25-20(23-17-18-28)19-24-21(29)15-13-11-9-7-5-3-1-2-4-6-8-10-12-14-16-22(26)27/h28H,1-19H2,(H,23,25)(H,24,29)(H,26,27). The van der Waals surface area contributed by atoms with E-state index in [1.165, 1.54) is 70.6 Å².